The molecule has 0 fully saturated rings. The van der Waals surface area contributed by atoms with Gasteiger partial charge < -0.3 is 15.2 Å². The van der Waals surface area contributed by atoms with Crippen LogP contribution in [-0.4, -0.2) is 24.7 Å². The lowest BCUT2D eigenvalue weighted by Crippen LogP contribution is -2.32. The summed E-state index contributed by atoms with van der Waals surface area (Å²) in [6.45, 7) is 1.83. The van der Waals surface area contributed by atoms with Crippen molar-refractivity contribution in [2.45, 2.75) is 19.4 Å². The summed E-state index contributed by atoms with van der Waals surface area (Å²) in [5, 5.41) is 12.4. The summed E-state index contributed by atoms with van der Waals surface area (Å²) >= 11 is 0. The van der Waals surface area contributed by atoms with E-state index >= 15 is 0 Å². The van der Waals surface area contributed by atoms with Gasteiger partial charge in [-0.2, -0.15) is 0 Å². The van der Waals surface area contributed by atoms with Crippen LogP contribution in [0.4, 0.5) is 0 Å². The number of aliphatic hydroxyl groups is 1. The molecule has 0 spiro atoms. The molecule has 0 aromatic heterocycles. The van der Waals surface area contributed by atoms with Gasteiger partial charge in [-0.05, 0) is 30.2 Å². The fraction of sp³-hybridized carbons (Fsp3) is 0.278. The molecule has 2 aromatic rings. The van der Waals surface area contributed by atoms with E-state index in [0.717, 1.165) is 16.7 Å². The molecule has 0 aliphatic rings. The van der Waals surface area contributed by atoms with Crippen LogP contribution in [0.15, 0.2) is 48.5 Å². The van der Waals surface area contributed by atoms with Gasteiger partial charge in [0.2, 0.25) is 5.91 Å². The molecule has 2 rings (SSSR count). The minimum atomic E-state index is -0.438. The quantitative estimate of drug-likeness (QED) is 0.861. The maximum atomic E-state index is 12.2. The number of hydrogen-bond donors (Lipinski definition) is 2. The van der Waals surface area contributed by atoms with Gasteiger partial charge in [0.1, 0.15) is 5.75 Å². The number of carbonyl (C=O) groups is 1. The molecule has 0 aliphatic carbocycles. The first kappa shape index (κ1) is 16.0. The Hall–Kier alpha value is -2.33. The van der Waals surface area contributed by atoms with Crippen molar-refractivity contribution < 1.29 is 14.6 Å². The first-order chi connectivity index (χ1) is 10.6. The lowest BCUT2D eigenvalue weighted by atomic mass is 10.1. The van der Waals surface area contributed by atoms with Gasteiger partial charge in [-0.3, -0.25) is 4.79 Å². The van der Waals surface area contributed by atoms with E-state index in [-0.39, 0.29) is 12.5 Å². The van der Waals surface area contributed by atoms with Gasteiger partial charge in [-0.15, -0.1) is 0 Å². The van der Waals surface area contributed by atoms with Crippen molar-refractivity contribution in [2.24, 2.45) is 0 Å². The monoisotopic (exact) mass is 299 g/mol. The number of ether oxygens (including phenoxy) is 1. The molecule has 2 aromatic carbocycles. The SMILES string of the molecule is COc1cccc(C(CO)NC(=O)Cc2cccc(C)c2)c1. The van der Waals surface area contributed by atoms with Gasteiger partial charge in [-0.25, -0.2) is 0 Å². The lowest BCUT2D eigenvalue weighted by Gasteiger charge is -2.17. The highest BCUT2D eigenvalue weighted by Crippen LogP contribution is 2.19. The third-order valence-electron chi connectivity index (χ3n) is 3.46. The number of amides is 1. The zero-order chi connectivity index (χ0) is 15.9. The Morgan fingerprint density at radius 2 is 2.00 bits per heavy atom. The van der Waals surface area contributed by atoms with E-state index in [0.29, 0.717) is 12.2 Å². The fourth-order valence-electron chi connectivity index (χ4n) is 2.35. The fourth-order valence-corrected chi connectivity index (χ4v) is 2.35. The van der Waals surface area contributed by atoms with E-state index in [2.05, 4.69) is 5.32 Å². The summed E-state index contributed by atoms with van der Waals surface area (Å²) in [4.78, 5) is 12.2. The highest BCUT2D eigenvalue weighted by molar-refractivity contribution is 5.79. The van der Waals surface area contributed by atoms with E-state index in [1.165, 1.54) is 0 Å². The van der Waals surface area contributed by atoms with Crippen LogP contribution in [0.3, 0.4) is 0 Å². The summed E-state index contributed by atoms with van der Waals surface area (Å²) < 4.78 is 5.17. The van der Waals surface area contributed by atoms with Crippen LogP contribution >= 0.6 is 0 Å². The molecular weight excluding hydrogens is 278 g/mol. The standard InChI is InChI=1S/C18H21NO3/c1-13-5-3-6-14(9-13)10-18(21)19-17(12-20)15-7-4-8-16(11-15)22-2/h3-9,11,17,20H,10,12H2,1-2H3,(H,19,21). The minimum Gasteiger partial charge on any atom is -0.497 e. The number of nitrogens with one attached hydrogen (secondary N) is 1. The maximum Gasteiger partial charge on any atom is 0.224 e. The topological polar surface area (TPSA) is 58.6 Å². The number of benzene rings is 2. The average Bonchev–Trinajstić information content (AvgIpc) is 2.52. The Labute approximate surface area is 130 Å². The molecule has 0 heterocycles. The third kappa shape index (κ3) is 4.33. The summed E-state index contributed by atoms with van der Waals surface area (Å²) in [7, 11) is 1.59. The zero-order valence-corrected chi connectivity index (χ0v) is 12.9. The number of aryl methyl sites for hydroxylation is 1. The Kier molecular flexibility index (Phi) is 5.55. The number of aliphatic hydroxyl groups excluding tert-OH is 1. The predicted octanol–water partition coefficient (Wildman–Crippen LogP) is 2.40. The first-order valence-corrected chi connectivity index (χ1v) is 7.22. The molecule has 4 heteroatoms. The molecule has 1 unspecified atom stereocenters. The molecule has 2 N–H and O–H groups in total. The highest BCUT2D eigenvalue weighted by Gasteiger charge is 2.14. The Balaban J connectivity index is 2.04. The number of rotatable bonds is 6. The van der Waals surface area contributed by atoms with Crippen molar-refractivity contribution in [1.29, 1.82) is 0 Å². The molecule has 0 saturated heterocycles. The molecule has 0 saturated carbocycles. The third-order valence-corrected chi connectivity index (χ3v) is 3.46. The van der Waals surface area contributed by atoms with Crippen LogP contribution < -0.4 is 10.1 Å². The average molecular weight is 299 g/mol. The molecule has 1 amide bonds. The number of hydrogen-bond acceptors (Lipinski definition) is 3. The van der Waals surface area contributed by atoms with Crippen LogP contribution in [-0.2, 0) is 11.2 Å². The second-order valence-electron chi connectivity index (χ2n) is 5.25. The number of methoxy groups -OCH3 is 1. The van der Waals surface area contributed by atoms with Crippen molar-refractivity contribution in [3.63, 3.8) is 0 Å². The smallest absolute Gasteiger partial charge is 0.224 e. The van der Waals surface area contributed by atoms with E-state index in [4.69, 9.17) is 4.74 Å². The maximum absolute atomic E-state index is 12.2. The van der Waals surface area contributed by atoms with Crippen LogP contribution in [0.1, 0.15) is 22.7 Å². The molecule has 1 atom stereocenters. The normalized spacial score (nSPS) is 11.8. The highest BCUT2D eigenvalue weighted by atomic mass is 16.5. The van der Waals surface area contributed by atoms with Gasteiger partial charge >= 0.3 is 0 Å². The Morgan fingerprint density at radius 3 is 2.68 bits per heavy atom. The molecule has 0 bridgehead atoms. The van der Waals surface area contributed by atoms with Crippen LogP contribution in [0.5, 0.6) is 5.75 Å². The predicted molar refractivity (Wildman–Crippen MR) is 85.8 cm³/mol. The largest absolute Gasteiger partial charge is 0.497 e. The second kappa shape index (κ2) is 7.61. The van der Waals surface area contributed by atoms with Gasteiger partial charge in [0.25, 0.3) is 0 Å². The Bertz CT molecular complexity index is 640. The van der Waals surface area contributed by atoms with Crippen molar-refractivity contribution in [1.82, 2.24) is 5.32 Å². The van der Waals surface area contributed by atoms with Crippen LogP contribution in [0.25, 0.3) is 0 Å². The van der Waals surface area contributed by atoms with Crippen LogP contribution in [0.2, 0.25) is 0 Å². The number of carbonyl (C=O) groups excluding carboxylic acids is 1. The van der Waals surface area contributed by atoms with Gasteiger partial charge in [-0.1, -0.05) is 42.0 Å². The molecule has 22 heavy (non-hydrogen) atoms. The molecule has 4 nitrogen and oxygen atoms in total. The second-order valence-corrected chi connectivity index (χ2v) is 5.25. The van der Waals surface area contributed by atoms with Crippen molar-refractivity contribution in [2.75, 3.05) is 13.7 Å². The molecule has 0 radical (unpaired) electrons. The van der Waals surface area contributed by atoms with Crippen molar-refractivity contribution in [3.05, 3.63) is 65.2 Å². The van der Waals surface area contributed by atoms with Crippen molar-refractivity contribution in [3.8, 4) is 5.75 Å². The van der Waals surface area contributed by atoms with Crippen LogP contribution in [0, 0.1) is 6.92 Å². The zero-order valence-electron chi connectivity index (χ0n) is 12.9. The van der Waals surface area contributed by atoms with E-state index < -0.39 is 6.04 Å². The van der Waals surface area contributed by atoms with Gasteiger partial charge in [0.05, 0.1) is 26.2 Å². The summed E-state index contributed by atoms with van der Waals surface area (Å²) in [5.41, 5.74) is 2.90. The summed E-state index contributed by atoms with van der Waals surface area (Å²) in [5.74, 6) is 0.580. The van der Waals surface area contributed by atoms with E-state index in [1.807, 2.05) is 55.5 Å². The lowest BCUT2D eigenvalue weighted by molar-refractivity contribution is -0.121. The molecule has 0 aliphatic heterocycles. The molecule has 116 valence electrons. The van der Waals surface area contributed by atoms with Gasteiger partial charge in [0, 0.05) is 0 Å². The Morgan fingerprint density at radius 1 is 1.23 bits per heavy atom. The minimum absolute atomic E-state index is 0.118. The first-order valence-electron chi connectivity index (χ1n) is 7.22. The van der Waals surface area contributed by atoms with E-state index in [9.17, 15) is 9.90 Å². The van der Waals surface area contributed by atoms with Crippen molar-refractivity contribution >= 4 is 5.91 Å². The summed E-state index contributed by atoms with van der Waals surface area (Å²) in [6.07, 6.45) is 0.294. The molecular formula is C18H21NO3. The summed E-state index contributed by atoms with van der Waals surface area (Å²) in [6, 6.07) is 14.7. The van der Waals surface area contributed by atoms with E-state index in [1.54, 1.807) is 7.11 Å². The van der Waals surface area contributed by atoms with Gasteiger partial charge in [0.15, 0.2) is 0 Å².